The number of benzene rings is 2. The first kappa shape index (κ1) is 13.7. The maximum Gasteiger partial charge on any atom is 0.223 e. The van der Waals surface area contributed by atoms with E-state index < -0.39 is 0 Å². The molecule has 0 bridgehead atoms. The summed E-state index contributed by atoms with van der Waals surface area (Å²) in [6.07, 6.45) is 0.939. The first-order valence-corrected chi connectivity index (χ1v) is 7.34. The highest BCUT2D eigenvalue weighted by atomic mass is 16.2. The molecule has 3 rings (SSSR count). The second-order valence-electron chi connectivity index (χ2n) is 5.61. The number of carbonyl (C=O) groups excluding carboxylic acids is 1. The van der Waals surface area contributed by atoms with Gasteiger partial charge in [0.05, 0.1) is 0 Å². The molecule has 3 nitrogen and oxygen atoms in total. The Kier molecular flexibility index (Phi) is 3.65. The molecule has 2 aromatic rings. The minimum absolute atomic E-state index is 0.120. The van der Waals surface area contributed by atoms with Crippen molar-refractivity contribution in [2.75, 3.05) is 16.8 Å². The number of hydrogen-bond donors (Lipinski definition) is 1. The molecule has 21 heavy (non-hydrogen) atoms. The van der Waals surface area contributed by atoms with Gasteiger partial charge in [0.2, 0.25) is 5.91 Å². The van der Waals surface area contributed by atoms with Crippen LogP contribution in [-0.2, 0) is 17.8 Å². The van der Waals surface area contributed by atoms with Gasteiger partial charge in [-0.2, -0.15) is 0 Å². The smallest absolute Gasteiger partial charge is 0.223 e. The number of amides is 1. The van der Waals surface area contributed by atoms with Crippen LogP contribution < -0.4 is 10.2 Å². The topological polar surface area (TPSA) is 32.3 Å². The zero-order chi connectivity index (χ0) is 14.8. The Bertz CT molecular complexity index is 679. The Labute approximate surface area is 125 Å². The molecule has 2 aromatic carbocycles. The molecule has 0 unspecified atom stereocenters. The van der Waals surface area contributed by atoms with Crippen molar-refractivity contribution in [2.24, 2.45) is 0 Å². The van der Waals surface area contributed by atoms with Gasteiger partial charge in [-0.1, -0.05) is 29.8 Å². The van der Waals surface area contributed by atoms with E-state index in [1.165, 1.54) is 16.7 Å². The molecule has 1 amide bonds. The van der Waals surface area contributed by atoms with Crippen LogP contribution >= 0.6 is 0 Å². The average molecular weight is 280 g/mol. The maximum absolute atomic E-state index is 11.5. The molecule has 0 radical (unpaired) electrons. The van der Waals surface area contributed by atoms with Crippen molar-refractivity contribution in [1.82, 2.24) is 0 Å². The van der Waals surface area contributed by atoms with Crippen LogP contribution in [0, 0.1) is 6.92 Å². The minimum Gasteiger partial charge on any atom is -0.381 e. The largest absolute Gasteiger partial charge is 0.381 e. The van der Waals surface area contributed by atoms with Gasteiger partial charge in [0.15, 0.2) is 0 Å². The predicted molar refractivity (Wildman–Crippen MR) is 86.7 cm³/mol. The number of aryl methyl sites for hydroxylation is 1. The molecule has 0 saturated heterocycles. The molecule has 1 N–H and O–H groups in total. The van der Waals surface area contributed by atoms with Crippen molar-refractivity contribution < 1.29 is 4.79 Å². The molecular weight excluding hydrogens is 260 g/mol. The van der Waals surface area contributed by atoms with Crippen LogP contribution in [0.1, 0.15) is 23.6 Å². The Morgan fingerprint density at radius 3 is 2.86 bits per heavy atom. The normalized spacial score (nSPS) is 13.1. The molecule has 0 atom stereocenters. The third kappa shape index (κ3) is 2.92. The lowest BCUT2D eigenvalue weighted by atomic mass is 10.1. The third-order valence-corrected chi connectivity index (χ3v) is 3.93. The number of fused-ring (bicyclic) bond motifs is 1. The summed E-state index contributed by atoms with van der Waals surface area (Å²) in [5.41, 5.74) is 5.98. The fourth-order valence-electron chi connectivity index (χ4n) is 2.87. The van der Waals surface area contributed by atoms with Gasteiger partial charge in [0, 0.05) is 31.4 Å². The Hall–Kier alpha value is -2.29. The summed E-state index contributed by atoms with van der Waals surface area (Å²) >= 11 is 0. The van der Waals surface area contributed by atoms with Gasteiger partial charge in [-0.3, -0.25) is 4.79 Å². The molecular formula is C18H20N2O. The van der Waals surface area contributed by atoms with Gasteiger partial charge in [0.25, 0.3) is 0 Å². The SMILES string of the molecule is CC(=O)N1CCc2cc(NCc3cccc(C)c3)ccc21. The number of nitrogens with one attached hydrogen (secondary N) is 1. The number of hydrogen-bond acceptors (Lipinski definition) is 2. The number of anilines is 2. The quantitative estimate of drug-likeness (QED) is 0.933. The molecule has 3 heteroatoms. The van der Waals surface area contributed by atoms with E-state index in [0.717, 1.165) is 30.9 Å². The van der Waals surface area contributed by atoms with Gasteiger partial charge < -0.3 is 10.2 Å². The average Bonchev–Trinajstić information content (AvgIpc) is 2.88. The number of carbonyl (C=O) groups is 1. The first-order chi connectivity index (χ1) is 10.1. The zero-order valence-corrected chi connectivity index (χ0v) is 12.5. The summed E-state index contributed by atoms with van der Waals surface area (Å²) < 4.78 is 0. The molecule has 0 aliphatic carbocycles. The highest BCUT2D eigenvalue weighted by Gasteiger charge is 2.21. The Balaban J connectivity index is 1.72. The summed E-state index contributed by atoms with van der Waals surface area (Å²) in [6.45, 7) is 5.34. The molecule has 0 fully saturated rings. The lowest BCUT2D eigenvalue weighted by Gasteiger charge is -2.15. The van der Waals surface area contributed by atoms with Crippen LogP contribution in [0.15, 0.2) is 42.5 Å². The molecule has 1 aliphatic heterocycles. The van der Waals surface area contributed by atoms with Gasteiger partial charge >= 0.3 is 0 Å². The van der Waals surface area contributed by atoms with Crippen molar-refractivity contribution in [1.29, 1.82) is 0 Å². The molecule has 0 aromatic heterocycles. The van der Waals surface area contributed by atoms with Gasteiger partial charge in [-0.15, -0.1) is 0 Å². The van der Waals surface area contributed by atoms with Crippen LogP contribution in [0.4, 0.5) is 11.4 Å². The van der Waals surface area contributed by atoms with Gasteiger partial charge in [-0.05, 0) is 42.7 Å². The maximum atomic E-state index is 11.5. The Morgan fingerprint density at radius 2 is 2.10 bits per heavy atom. The van der Waals surface area contributed by atoms with E-state index in [9.17, 15) is 4.79 Å². The van der Waals surface area contributed by atoms with Crippen LogP contribution in [0.5, 0.6) is 0 Å². The molecule has 1 heterocycles. The fourth-order valence-corrected chi connectivity index (χ4v) is 2.87. The van der Waals surface area contributed by atoms with Gasteiger partial charge in [-0.25, -0.2) is 0 Å². The van der Waals surface area contributed by atoms with Crippen molar-refractivity contribution in [3.8, 4) is 0 Å². The van der Waals surface area contributed by atoms with E-state index in [2.05, 4.69) is 48.6 Å². The fraction of sp³-hybridized carbons (Fsp3) is 0.278. The van der Waals surface area contributed by atoms with Crippen LogP contribution in [-0.4, -0.2) is 12.5 Å². The minimum atomic E-state index is 0.120. The molecule has 108 valence electrons. The highest BCUT2D eigenvalue weighted by molar-refractivity contribution is 5.94. The van der Waals surface area contributed by atoms with Crippen molar-refractivity contribution in [3.63, 3.8) is 0 Å². The lowest BCUT2D eigenvalue weighted by Crippen LogP contribution is -2.25. The Morgan fingerprint density at radius 1 is 1.24 bits per heavy atom. The first-order valence-electron chi connectivity index (χ1n) is 7.34. The highest BCUT2D eigenvalue weighted by Crippen LogP contribution is 2.30. The van der Waals surface area contributed by atoms with E-state index >= 15 is 0 Å². The summed E-state index contributed by atoms with van der Waals surface area (Å²) in [5, 5.41) is 3.46. The molecule has 0 spiro atoms. The van der Waals surface area contributed by atoms with Crippen LogP contribution in [0.3, 0.4) is 0 Å². The molecule has 1 aliphatic rings. The molecule has 0 saturated carbocycles. The summed E-state index contributed by atoms with van der Waals surface area (Å²) in [4.78, 5) is 13.4. The monoisotopic (exact) mass is 280 g/mol. The second-order valence-corrected chi connectivity index (χ2v) is 5.61. The van der Waals surface area contributed by atoms with Crippen molar-refractivity contribution in [2.45, 2.75) is 26.8 Å². The lowest BCUT2D eigenvalue weighted by molar-refractivity contribution is -0.116. The van der Waals surface area contributed by atoms with Crippen LogP contribution in [0.2, 0.25) is 0 Å². The van der Waals surface area contributed by atoms with E-state index in [-0.39, 0.29) is 5.91 Å². The van der Waals surface area contributed by atoms with E-state index in [4.69, 9.17) is 0 Å². The third-order valence-electron chi connectivity index (χ3n) is 3.93. The second kappa shape index (κ2) is 5.60. The van der Waals surface area contributed by atoms with E-state index in [0.29, 0.717) is 0 Å². The summed E-state index contributed by atoms with van der Waals surface area (Å²) in [6, 6.07) is 14.8. The van der Waals surface area contributed by atoms with Crippen molar-refractivity contribution >= 4 is 17.3 Å². The summed E-state index contributed by atoms with van der Waals surface area (Å²) in [5.74, 6) is 0.120. The van der Waals surface area contributed by atoms with Gasteiger partial charge in [0.1, 0.15) is 0 Å². The zero-order valence-electron chi connectivity index (χ0n) is 12.5. The van der Waals surface area contributed by atoms with E-state index in [1.807, 2.05) is 11.0 Å². The standard InChI is InChI=1S/C18H20N2O/c1-13-4-3-5-15(10-13)12-19-17-6-7-18-16(11-17)8-9-20(18)14(2)21/h3-7,10-11,19H,8-9,12H2,1-2H3. The number of rotatable bonds is 3. The van der Waals surface area contributed by atoms with Crippen LogP contribution in [0.25, 0.3) is 0 Å². The number of nitrogens with zero attached hydrogens (tertiary/aromatic N) is 1. The summed E-state index contributed by atoms with van der Waals surface area (Å²) in [7, 11) is 0. The van der Waals surface area contributed by atoms with Crippen molar-refractivity contribution in [3.05, 3.63) is 59.2 Å². The van der Waals surface area contributed by atoms with E-state index in [1.54, 1.807) is 6.92 Å². The predicted octanol–water partition coefficient (Wildman–Crippen LogP) is 3.52.